The zero-order valence-corrected chi connectivity index (χ0v) is 11.6. The molecule has 2 rings (SSSR count). The maximum Gasteiger partial charge on any atom is 0.232 e. The summed E-state index contributed by atoms with van der Waals surface area (Å²) in [6.07, 6.45) is 0.313. The van der Waals surface area contributed by atoms with E-state index < -0.39 is 0 Å². The van der Waals surface area contributed by atoms with Gasteiger partial charge < -0.3 is 4.74 Å². The number of nitrogens with zero attached hydrogens (tertiary/aromatic N) is 1. The Labute approximate surface area is 114 Å². The third-order valence-corrected chi connectivity index (χ3v) is 3.53. The van der Waals surface area contributed by atoms with E-state index in [2.05, 4.69) is 15.9 Å². The Bertz CT molecular complexity index is 475. The molecule has 1 saturated heterocycles. The minimum atomic E-state index is -0.194. The Morgan fingerprint density at radius 2 is 2.11 bits per heavy atom. The molecule has 96 valence electrons. The smallest absolute Gasteiger partial charge is 0.232 e. The average molecular weight is 312 g/mol. The monoisotopic (exact) mass is 311 g/mol. The van der Waals surface area contributed by atoms with E-state index in [0.717, 1.165) is 4.47 Å². The van der Waals surface area contributed by atoms with Crippen molar-refractivity contribution in [3.8, 4) is 5.75 Å². The molecule has 0 N–H and O–H groups in total. The number of rotatable bonds is 4. The number of hydrogen-bond acceptors (Lipinski definition) is 3. The SMILES string of the molecule is C[C@@H]1CC(=O)N(CCOc2ccccc2Br)C1=O. The van der Waals surface area contributed by atoms with Crippen molar-refractivity contribution in [1.29, 1.82) is 0 Å². The van der Waals surface area contributed by atoms with Gasteiger partial charge in [-0.2, -0.15) is 0 Å². The number of ether oxygens (including phenoxy) is 1. The Balaban J connectivity index is 1.88. The van der Waals surface area contributed by atoms with E-state index in [-0.39, 0.29) is 17.7 Å². The van der Waals surface area contributed by atoms with E-state index >= 15 is 0 Å². The minimum absolute atomic E-state index is 0.101. The predicted octanol–water partition coefficient (Wildman–Crippen LogP) is 2.22. The van der Waals surface area contributed by atoms with Crippen LogP contribution in [0.4, 0.5) is 0 Å². The normalized spacial score (nSPS) is 19.4. The summed E-state index contributed by atoms with van der Waals surface area (Å²) < 4.78 is 6.40. The van der Waals surface area contributed by atoms with Gasteiger partial charge in [-0.25, -0.2) is 0 Å². The second-order valence-corrected chi connectivity index (χ2v) is 5.12. The summed E-state index contributed by atoms with van der Waals surface area (Å²) >= 11 is 3.37. The Morgan fingerprint density at radius 1 is 1.39 bits per heavy atom. The van der Waals surface area contributed by atoms with Gasteiger partial charge in [-0.3, -0.25) is 14.5 Å². The number of carbonyl (C=O) groups excluding carboxylic acids is 2. The number of hydrogen-bond donors (Lipinski definition) is 0. The van der Waals surface area contributed by atoms with Gasteiger partial charge in [-0.05, 0) is 28.1 Å². The van der Waals surface area contributed by atoms with Crippen molar-refractivity contribution in [1.82, 2.24) is 4.90 Å². The van der Waals surface area contributed by atoms with Gasteiger partial charge in [0.1, 0.15) is 12.4 Å². The molecule has 0 radical (unpaired) electrons. The summed E-state index contributed by atoms with van der Waals surface area (Å²) in [7, 11) is 0. The number of imide groups is 1. The maximum atomic E-state index is 11.7. The van der Waals surface area contributed by atoms with Crippen molar-refractivity contribution >= 4 is 27.7 Å². The fraction of sp³-hybridized carbons (Fsp3) is 0.385. The molecule has 2 amide bonds. The van der Waals surface area contributed by atoms with Gasteiger partial charge in [0.2, 0.25) is 11.8 Å². The van der Waals surface area contributed by atoms with Crippen LogP contribution in [0.5, 0.6) is 5.75 Å². The maximum absolute atomic E-state index is 11.7. The standard InChI is InChI=1S/C13H14BrNO3/c1-9-8-12(16)15(13(9)17)6-7-18-11-5-3-2-4-10(11)14/h2-5,9H,6-8H2,1H3/t9-/m1/s1. The molecule has 0 unspecified atom stereocenters. The van der Waals surface area contributed by atoms with Crippen LogP contribution < -0.4 is 4.74 Å². The number of amides is 2. The molecule has 0 saturated carbocycles. The van der Waals surface area contributed by atoms with Gasteiger partial charge in [-0.1, -0.05) is 19.1 Å². The molecule has 4 nitrogen and oxygen atoms in total. The Hall–Kier alpha value is -1.36. The van der Waals surface area contributed by atoms with Crippen molar-refractivity contribution in [2.24, 2.45) is 5.92 Å². The molecule has 1 aliphatic heterocycles. The zero-order valence-electron chi connectivity index (χ0n) is 10.1. The van der Waals surface area contributed by atoms with E-state index in [4.69, 9.17) is 4.74 Å². The van der Waals surface area contributed by atoms with Crippen molar-refractivity contribution in [2.45, 2.75) is 13.3 Å². The average Bonchev–Trinajstić information content (AvgIpc) is 2.58. The van der Waals surface area contributed by atoms with Crippen LogP contribution in [0.25, 0.3) is 0 Å². The van der Waals surface area contributed by atoms with Gasteiger partial charge in [-0.15, -0.1) is 0 Å². The third kappa shape index (κ3) is 2.72. The first-order valence-corrected chi connectivity index (χ1v) is 6.60. The molecular formula is C13H14BrNO3. The lowest BCUT2D eigenvalue weighted by Crippen LogP contribution is -2.34. The van der Waals surface area contributed by atoms with Gasteiger partial charge in [0.05, 0.1) is 11.0 Å². The summed E-state index contributed by atoms with van der Waals surface area (Å²) in [5.41, 5.74) is 0. The van der Waals surface area contributed by atoms with Crippen LogP contribution in [-0.4, -0.2) is 29.9 Å². The van der Waals surface area contributed by atoms with Crippen molar-refractivity contribution < 1.29 is 14.3 Å². The van der Waals surface area contributed by atoms with Crippen LogP contribution in [0.1, 0.15) is 13.3 Å². The van der Waals surface area contributed by atoms with Gasteiger partial charge in [0.15, 0.2) is 0 Å². The fourth-order valence-corrected chi connectivity index (χ4v) is 2.29. The second-order valence-electron chi connectivity index (χ2n) is 4.27. The molecule has 1 fully saturated rings. The molecule has 18 heavy (non-hydrogen) atoms. The van der Waals surface area contributed by atoms with E-state index in [1.54, 1.807) is 6.92 Å². The number of para-hydroxylation sites is 1. The van der Waals surface area contributed by atoms with Gasteiger partial charge >= 0.3 is 0 Å². The third-order valence-electron chi connectivity index (χ3n) is 2.88. The van der Waals surface area contributed by atoms with Gasteiger partial charge in [0, 0.05) is 12.3 Å². The number of halogens is 1. The van der Waals surface area contributed by atoms with E-state index in [1.807, 2.05) is 24.3 Å². The van der Waals surface area contributed by atoms with E-state index in [0.29, 0.717) is 25.3 Å². The number of carbonyl (C=O) groups is 2. The largest absolute Gasteiger partial charge is 0.491 e. The first-order chi connectivity index (χ1) is 8.59. The lowest BCUT2D eigenvalue weighted by Gasteiger charge is -2.15. The summed E-state index contributed by atoms with van der Waals surface area (Å²) in [5, 5.41) is 0. The van der Waals surface area contributed by atoms with Crippen LogP contribution in [0, 0.1) is 5.92 Å². The first-order valence-electron chi connectivity index (χ1n) is 5.81. The molecule has 0 aromatic heterocycles. The van der Waals surface area contributed by atoms with Gasteiger partial charge in [0.25, 0.3) is 0 Å². The van der Waals surface area contributed by atoms with Crippen molar-refractivity contribution in [3.63, 3.8) is 0 Å². The number of likely N-dealkylation sites (tertiary alicyclic amines) is 1. The second kappa shape index (κ2) is 5.52. The fourth-order valence-electron chi connectivity index (χ4n) is 1.89. The van der Waals surface area contributed by atoms with Crippen LogP contribution in [-0.2, 0) is 9.59 Å². The molecule has 1 aromatic carbocycles. The molecule has 0 spiro atoms. The minimum Gasteiger partial charge on any atom is -0.491 e. The van der Waals surface area contributed by atoms with E-state index in [1.165, 1.54) is 4.90 Å². The lowest BCUT2D eigenvalue weighted by atomic mass is 10.1. The highest BCUT2D eigenvalue weighted by atomic mass is 79.9. The number of benzene rings is 1. The highest BCUT2D eigenvalue weighted by Crippen LogP contribution is 2.24. The van der Waals surface area contributed by atoms with E-state index in [9.17, 15) is 9.59 Å². The Morgan fingerprint density at radius 3 is 2.72 bits per heavy atom. The first kappa shape index (κ1) is 13.1. The highest BCUT2D eigenvalue weighted by molar-refractivity contribution is 9.10. The highest BCUT2D eigenvalue weighted by Gasteiger charge is 2.35. The lowest BCUT2D eigenvalue weighted by molar-refractivity contribution is -0.139. The summed E-state index contributed by atoms with van der Waals surface area (Å²) in [6.45, 7) is 2.39. The molecule has 0 bridgehead atoms. The Kier molecular flexibility index (Phi) is 4.01. The molecular weight excluding hydrogens is 298 g/mol. The molecule has 1 aromatic rings. The van der Waals surface area contributed by atoms with Crippen molar-refractivity contribution in [2.75, 3.05) is 13.2 Å². The van der Waals surface area contributed by atoms with Crippen LogP contribution in [0.3, 0.4) is 0 Å². The zero-order chi connectivity index (χ0) is 13.1. The van der Waals surface area contributed by atoms with Crippen LogP contribution in [0.15, 0.2) is 28.7 Å². The van der Waals surface area contributed by atoms with Crippen molar-refractivity contribution in [3.05, 3.63) is 28.7 Å². The molecule has 5 heteroatoms. The molecule has 1 heterocycles. The summed E-state index contributed by atoms with van der Waals surface area (Å²) in [4.78, 5) is 24.5. The molecule has 1 aliphatic rings. The quantitative estimate of drug-likeness (QED) is 0.801. The summed E-state index contributed by atoms with van der Waals surface area (Å²) in [6, 6.07) is 7.48. The van der Waals surface area contributed by atoms with Crippen LogP contribution in [0.2, 0.25) is 0 Å². The summed E-state index contributed by atoms with van der Waals surface area (Å²) in [5.74, 6) is 0.310. The predicted molar refractivity (Wildman–Crippen MR) is 70.1 cm³/mol. The molecule has 1 atom stereocenters. The molecule has 0 aliphatic carbocycles. The van der Waals surface area contributed by atoms with Crippen LogP contribution >= 0.6 is 15.9 Å². The topological polar surface area (TPSA) is 46.6 Å².